The van der Waals surface area contributed by atoms with Gasteiger partial charge in [0.25, 0.3) is 0 Å². The Balaban J connectivity index is 2.83. The predicted octanol–water partition coefficient (Wildman–Crippen LogP) is 0.704. The Hall–Kier alpha value is -1.90. The van der Waals surface area contributed by atoms with Gasteiger partial charge in [-0.3, -0.25) is 9.69 Å². The van der Waals surface area contributed by atoms with E-state index in [4.69, 9.17) is 5.73 Å². The lowest BCUT2D eigenvalue weighted by atomic mass is 10.1. The van der Waals surface area contributed by atoms with E-state index in [1.807, 2.05) is 11.8 Å². The van der Waals surface area contributed by atoms with Crippen molar-refractivity contribution in [3.8, 4) is 11.8 Å². The molecule has 0 unspecified atom stereocenters. The number of nitrogens with two attached hydrogens (primary N) is 1. The molecule has 0 radical (unpaired) electrons. The second-order valence-corrected chi connectivity index (χ2v) is 4.30. The van der Waals surface area contributed by atoms with Gasteiger partial charge in [-0.15, -0.1) is 0 Å². The molecule has 0 bridgehead atoms. The fourth-order valence-electron chi connectivity index (χ4n) is 1.73. The van der Waals surface area contributed by atoms with Gasteiger partial charge in [-0.2, -0.15) is 0 Å². The second-order valence-electron chi connectivity index (χ2n) is 4.30. The van der Waals surface area contributed by atoms with Crippen molar-refractivity contribution in [2.24, 2.45) is 5.73 Å². The molecule has 0 aromatic heterocycles. The molecule has 0 aliphatic heterocycles. The number of benzene rings is 1. The number of carbonyl (C=O) groups excluding carboxylic acids is 1. The molecule has 1 rings (SSSR count). The van der Waals surface area contributed by atoms with Crippen molar-refractivity contribution < 1.29 is 9.18 Å². The second kappa shape index (κ2) is 8.31. The highest BCUT2D eigenvalue weighted by Crippen LogP contribution is 2.11. The van der Waals surface area contributed by atoms with Crippen LogP contribution in [0.1, 0.15) is 18.1 Å². The Kier molecular flexibility index (Phi) is 6.71. The first kappa shape index (κ1) is 16.2. The molecule has 0 atom stereocenters. The van der Waals surface area contributed by atoms with Gasteiger partial charge in [0.05, 0.1) is 18.7 Å². The molecule has 108 valence electrons. The van der Waals surface area contributed by atoms with Crippen molar-refractivity contribution in [3.05, 3.63) is 35.1 Å². The number of amides is 1. The van der Waals surface area contributed by atoms with Crippen LogP contribution < -0.4 is 11.1 Å². The SMILES string of the molecule is CCN(CC(=O)NC)Cc1ccc(F)c(C#CCN)c1. The average Bonchev–Trinajstić information content (AvgIpc) is 2.46. The number of likely N-dealkylation sites (N-methyl/N-ethyl adjacent to an activating group) is 2. The number of rotatable bonds is 5. The Morgan fingerprint density at radius 3 is 2.85 bits per heavy atom. The van der Waals surface area contributed by atoms with Gasteiger partial charge in [-0.05, 0) is 24.2 Å². The van der Waals surface area contributed by atoms with Crippen molar-refractivity contribution >= 4 is 5.91 Å². The molecular weight excluding hydrogens is 257 g/mol. The zero-order chi connectivity index (χ0) is 15.0. The number of nitrogens with one attached hydrogen (secondary N) is 1. The van der Waals surface area contributed by atoms with E-state index < -0.39 is 0 Å². The molecule has 20 heavy (non-hydrogen) atoms. The maximum absolute atomic E-state index is 13.6. The molecule has 1 amide bonds. The smallest absolute Gasteiger partial charge is 0.233 e. The van der Waals surface area contributed by atoms with Gasteiger partial charge in [0.2, 0.25) is 5.91 Å². The maximum atomic E-state index is 13.6. The van der Waals surface area contributed by atoms with Crippen LogP contribution in [0.3, 0.4) is 0 Å². The zero-order valence-corrected chi connectivity index (χ0v) is 11.9. The summed E-state index contributed by atoms with van der Waals surface area (Å²) >= 11 is 0. The minimum Gasteiger partial charge on any atom is -0.358 e. The van der Waals surface area contributed by atoms with Crippen molar-refractivity contribution in [1.29, 1.82) is 0 Å². The van der Waals surface area contributed by atoms with Crippen LogP contribution in [-0.2, 0) is 11.3 Å². The van der Waals surface area contributed by atoms with E-state index in [-0.39, 0.29) is 18.3 Å². The number of nitrogens with zero attached hydrogens (tertiary/aromatic N) is 1. The lowest BCUT2D eigenvalue weighted by molar-refractivity contribution is -0.121. The summed E-state index contributed by atoms with van der Waals surface area (Å²) in [6.07, 6.45) is 0. The Bertz CT molecular complexity index is 520. The fourth-order valence-corrected chi connectivity index (χ4v) is 1.73. The van der Waals surface area contributed by atoms with Crippen LogP contribution in [0.4, 0.5) is 4.39 Å². The molecule has 0 spiro atoms. The van der Waals surface area contributed by atoms with E-state index >= 15 is 0 Å². The summed E-state index contributed by atoms with van der Waals surface area (Å²) in [5, 5.41) is 2.59. The molecule has 0 heterocycles. The molecule has 0 aliphatic rings. The van der Waals surface area contributed by atoms with E-state index in [9.17, 15) is 9.18 Å². The molecule has 0 aliphatic carbocycles. The molecular formula is C15H20FN3O. The summed E-state index contributed by atoms with van der Waals surface area (Å²) in [6, 6.07) is 4.80. The number of hydrogen-bond donors (Lipinski definition) is 2. The van der Waals surface area contributed by atoms with Crippen LogP contribution >= 0.6 is 0 Å². The summed E-state index contributed by atoms with van der Waals surface area (Å²) in [5.74, 6) is 4.95. The predicted molar refractivity (Wildman–Crippen MR) is 77.4 cm³/mol. The Morgan fingerprint density at radius 1 is 1.50 bits per heavy atom. The summed E-state index contributed by atoms with van der Waals surface area (Å²) < 4.78 is 13.6. The third kappa shape index (κ3) is 5.00. The highest BCUT2D eigenvalue weighted by atomic mass is 19.1. The molecule has 0 saturated heterocycles. The van der Waals surface area contributed by atoms with E-state index in [2.05, 4.69) is 17.2 Å². The zero-order valence-electron chi connectivity index (χ0n) is 11.9. The van der Waals surface area contributed by atoms with Gasteiger partial charge >= 0.3 is 0 Å². The van der Waals surface area contributed by atoms with E-state index in [1.54, 1.807) is 19.2 Å². The first-order valence-electron chi connectivity index (χ1n) is 6.51. The molecule has 5 heteroatoms. The Morgan fingerprint density at radius 2 is 2.25 bits per heavy atom. The van der Waals surface area contributed by atoms with Gasteiger partial charge in [0.1, 0.15) is 5.82 Å². The van der Waals surface area contributed by atoms with Crippen LogP contribution in [-0.4, -0.2) is 37.5 Å². The molecule has 4 nitrogen and oxygen atoms in total. The monoisotopic (exact) mass is 277 g/mol. The largest absolute Gasteiger partial charge is 0.358 e. The lowest BCUT2D eigenvalue weighted by Crippen LogP contribution is -2.35. The molecule has 3 N–H and O–H groups in total. The first-order chi connectivity index (χ1) is 9.60. The van der Waals surface area contributed by atoms with E-state index in [1.165, 1.54) is 6.07 Å². The van der Waals surface area contributed by atoms with Gasteiger partial charge < -0.3 is 11.1 Å². The van der Waals surface area contributed by atoms with Crippen molar-refractivity contribution in [3.63, 3.8) is 0 Å². The minimum absolute atomic E-state index is 0.0443. The fraction of sp³-hybridized carbons (Fsp3) is 0.400. The molecule has 1 aromatic carbocycles. The molecule has 0 fully saturated rings. The number of carbonyl (C=O) groups is 1. The van der Waals surface area contributed by atoms with Gasteiger partial charge in [-0.1, -0.05) is 24.8 Å². The lowest BCUT2D eigenvalue weighted by Gasteiger charge is -2.19. The highest BCUT2D eigenvalue weighted by molar-refractivity contribution is 5.77. The van der Waals surface area contributed by atoms with Gasteiger partial charge in [0.15, 0.2) is 0 Å². The van der Waals surface area contributed by atoms with Gasteiger partial charge in [0, 0.05) is 13.6 Å². The van der Waals surface area contributed by atoms with Crippen LogP contribution in [0.5, 0.6) is 0 Å². The highest BCUT2D eigenvalue weighted by Gasteiger charge is 2.09. The molecule has 1 aromatic rings. The van der Waals surface area contributed by atoms with Crippen LogP contribution in [0, 0.1) is 17.7 Å². The van der Waals surface area contributed by atoms with Crippen molar-refractivity contribution in [1.82, 2.24) is 10.2 Å². The summed E-state index contributed by atoms with van der Waals surface area (Å²) in [6.45, 7) is 3.79. The quantitative estimate of drug-likeness (QED) is 0.779. The van der Waals surface area contributed by atoms with Crippen molar-refractivity contribution in [2.45, 2.75) is 13.5 Å². The normalized spacial score (nSPS) is 10.1. The van der Waals surface area contributed by atoms with Gasteiger partial charge in [-0.25, -0.2) is 4.39 Å². The standard InChI is InChI=1S/C15H20FN3O/c1-3-19(11-15(20)18-2)10-12-6-7-14(16)13(9-12)5-4-8-17/h6-7,9H,3,8,10-11,17H2,1-2H3,(H,18,20). The maximum Gasteiger partial charge on any atom is 0.233 e. The van der Waals surface area contributed by atoms with Crippen molar-refractivity contribution in [2.75, 3.05) is 26.7 Å². The minimum atomic E-state index is -0.357. The van der Waals surface area contributed by atoms with Crippen LogP contribution in [0.2, 0.25) is 0 Å². The first-order valence-corrected chi connectivity index (χ1v) is 6.51. The van der Waals surface area contributed by atoms with E-state index in [0.29, 0.717) is 18.7 Å². The van der Waals surface area contributed by atoms with Crippen LogP contribution in [0.15, 0.2) is 18.2 Å². The number of hydrogen-bond acceptors (Lipinski definition) is 3. The summed E-state index contributed by atoms with van der Waals surface area (Å²) in [7, 11) is 1.61. The van der Waals surface area contributed by atoms with Crippen LogP contribution in [0.25, 0.3) is 0 Å². The summed E-state index contributed by atoms with van der Waals surface area (Å²) in [4.78, 5) is 13.3. The Labute approximate surface area is 119 Å². The summed E-state index contributed by atoms with van der Waals surface area (Å²) in [5.41, 5.74) is 6.54. The third-order valence-corrected chi connectivity index (χ3v) is 2.86. The van der Waals surface area contributed by atoms with E-state index in [0.717, 1.165) is 12.1 Å². The third-order valence-electron chi connectivity index (χ3n) is 2.86. The topological polar surface area (TPSA) is 58.4 Å². The average molecular weight is 277 g/mol. The molecule has 0 saturated carbocycles. The number of halogens is 1.